The number of nitrogens with one attached hydrogen (secondary N) is 1. The summed E-state index contributed by atoms with van der Waals surface area (Å²) < 4.78 is 6.07. The highest BCUT2D eigenvalue weighted by Gasteiger charge is 2.33. The van der Waals surface area contributed by atoms with Crippen molar-refractivity contribution in [2.75, 3.05) is 20.6 Å². The largest absolute Gasteiger partial charge is 0.459 e. The number of nitrogens with zero attached hydrogens (tertiary/aromatic N) is 1. The number of hydrogen-bond acceptors (Lipinski definition) is 3. The molecule has 3 rings (SSSR count). The highest BCUT2D eigenvalue weighted by atomic mass is 16.3. The zero-order chi connectivity index (χ0) is 14.1. The monoisotopic (exact) mass is 272 g/mol. The molecule has 1 heterocycles. The summed E-state index contributed by atoms with van der Waals surface area (Å²) in [6, 6.07) is 8.32. The SMILES string of the molecule is CNCc1c(CN(C)CC2CC2C)oc2ccccc12. The zero-order valence-corrected chi connectivity index (χ0v) is 12.6. The van der Waals surface area contributed by atoms with Crippen molar-refractivity contribution >= 4 is 11.0 Å². The van der Waals surface area contributed by atoms with E-state index in [0.717, 1.165) is 36.3 Å². The molecule has 1 saturated carbocycles. The average Bonchev–Trinajstić information content (AvgIpc) is 2.99. The van der Waals surface area contributed by atoms with Crippen LogP contribution < -0.4 is 5.32 Å². The van der Waals surface area contributed by atoms with Crippen molar-refractivity contribution < 1.29 is 4.42 Å². The molecule has 2 atom stereocenters. The number of benzene rings is 1. The van der Waals surface area contributed by atoms with E-state index in [2.05, 4.69) is 42.4 Å². The first-order valence-electron chi connectivity index (χ1n) is 7.51. The van der Waals surface area contributed by atoms with E-state index < -0.39 is 0 Å². The Bertz CT molecular complexity index is 590. The Kier molecular flexibility index (Phi) is 3.81. The molecule has 3 nitrogen and oxygen atoms in total. The Morgan fingerprint density at radius 2 is 2.10 bits per heavy atom. The molecular formula is C17H24N2O. The fourth-order valence-electron chi connectivity index (χ4n) is 3.01. The second kappa shape index (κ2) is 5.58. The summed E-state index contributed by atoms with van der Waals surface area (Å²) in [7, 11) is 4.18. The smallest absolute Gasteiger partial charge is 0.134 e. The van der Waals surface area contributed by atoms with Gasteiger partial charge in [0.05, 0.1) is 6.54 Å². The molecule has 20 heavy (non-hydrogen) atoms. The van der Waals surface area contributed by atoms with E-state index in [-0.39, 0.29) is 0 Å². The number of rotatable bonds is 6. The van der Waals surface area contributed by atoms with Crippen molar-refractivity contribution in [1.29, 1.82) is 0 Å². The van der Waals surface area contributed by atoms with Gasteiger partial charge in [0.15, 0.2) is 0 Å². The molecule has 2 unspecified atom stereocenters. The van der Waals surface area contributed by atoms with Crippen LogP contribution in [0.3, 0.4) is 0 Å². The predicted molar refractivity (Wildman–Crippen MR) is 82.6 cm³/mol. The van der Waals surface area contributed by atoms with Crippen LogP contribution in [0.5, 0.6) is 0 Å². The topological polar surface area (TPSA) is 28.4 Å². The maximum Gasteiger partial charge on any atom is 0.134 e. The minimum absolute atomic E-state index is 0.861. The van der Waals surface area contributed by atoms with Crippen LogP contribution in [0.25, 0.3) is 11.0 Å². The van der Waals surface area contributed by atoms with Gasteiger partial charge in [-0.25, -0.2) is 0 Å². The molecule has 1 N–H and O–H groups in total. The predicted octanol–water partition coefficient (Wildman–Crippen LogP) is 3.24. The lowest BCUT2D eigenvalue weighted by molar-refractivity contribution is 0.282. The third-order valence-electron chi connectivity index (χ3n) is 4.37. The number of para-hydroxylation sites is 1. The van der Waals surface area contributed by atoms with Crippen LogP contribution >= 0.6 is 0 Å². The summed E-state index contributed by atoms with van der Waals surface area (Å²) >= 11 is 0. The second-order valence-corrected chi connectivity index (χ2v) is 6.20. The van der Waals surface area contributed by atoms with E-state index in [1.165, 1.54) is 23.9 Å². The quantitative estimate of drug-likeness (QED) is 0.875. The summed E-state index contributed by atoms with van der Waals surface area (Å²) in [6.07, 6.45) is 1.38. The van der Waals surface area contributed by atoms with Gasteiger partial charge >= 0.3 is 0 Å². The van der Waals surface area contributed by atoms with Crippen molar-refractivity contribution in [3.63, 3.8) is 0 Å². The van der Waals surface area contributed by atoms with Crippen LogP contribution in [0.1, 0.15) is 24.7 Å². The first kappa shape index (κ1) is 13.7. The van der Waals surface area contributed by atoms with E-state index >= 15 is 0 Å². The van der Waals surface area contributed by atoms with Crippen molar-refractivity contribution in [2.24, 2.45) is 11.8 Å². The van der Waals surface area contributed by atoms with Crippen LogP contribution in [0.2, 0.25) is 0 Å². The van der Waals surface area contributed by atoms with Gasteiger partial charge in [-0.05, 0) is 38.4 Å². The van der Waals surface area contributed by atoms with E-state index in [0.29, 0.717) is 0 Å². The lowest BCUT2D eigenvalue weighted by atomic mass is 10.1. The Morgan fingerprint density at radius 1 is 1.35 bits per heavy atom. The van der Waals surface area contributed by atoms with E-state index in [4.69, 9.17) is 4.42 Å². The van der Waals surface area contributed by atoms with Gasteiger partial charge in [0.2, 0.25) is 0 Å². The van der Waals surface area contributed by atoms with Gasteiger partial charge in [0.1, 0.15) is 11.3 Å². The number of hydrogen-bond donors (Lipinski definition) is 1. The summed E-state index contributed by atoms with van der Waals surface area (Å²) in [5, 5.41) is 4.50. The van der Waals surface area contributed by atoms with Gasteiger partial charge in [0.25, 0.3) is 0 Å². The molecule has 108 valence electrons. The third-order valence-corrected chi connectivity index (χ3v) is 4.37. The molecule has 0 amide bonds. The fourth-order valence-corrected chi connectivity index (χ4v) is 3.01. The molecule has 1 aromatic carbocycles. The Morgan fingerprint density at radius 3 is 2.80 bits per heavy atom. The molecule has 1 aliphatic carbocycles. The van der Waals surface area contributed by atoms with Gasteiger partial charge in [-0.1, -0.05) is 25.1 Å². The first-order valence-corrected chi connectivity index (χ1v) is 7.51. The van der Waals surface area contributed by atoms with Crippen LogP contribution in [0.4, 0.5) is 0 Å². The van der Waals surface area contributed by atoms with Crippen molar-refractivity contribution in [2.45, 2.75) is 26.4 Å². The van der Waals surface area contributed by atoms with Crippen LogP contribution in [-0.4, -0.2) is 25.5 Å². The van der Waals surface area contributed by atoms with Gasteiger partial charge in [-0.2, -0.15) is 0 Å². The molecule has 0 aliphatic heterocycles. The molecule has 0 spiro atoms. The molecule has 0 bridgehead atoms. The Balaban J connectivity index is 1.80. The Hall–Kier alpha value is -1.32. The maximum atomic E-state index is 6.07. The minimum atomic E-state index is 0.861. The Labute approximate surface area is 120 Å². The molecule has 1 fully saturated rings. The van der Waals surface area contributed by atoms with Crippen LogP contribution in [0, 0.1) is 11.8 Å². The molecule has 1 aromatic heterocycles. The molecule has 1 aliphatic rings. The lowest BCUT2D eigenvalue weighted by Gasteiger charge is -2.15. The van der Waals surface area contributed by atoms with Crippen LogP contribution in [0.15, 0.2) is 28.7 Å². The van der Waals surface area contributed by atoms with E-state index in [1.54, 1.807) is 0 Å². The van der Waals surface area contributed by atoms with Gasteiger partial charge in [0, 0.05) is 24.0 Å². The third kappa shape index (κ3) is 2.74. The highest BCUT2D eigenvalue weighted by Crippen LogP contribution is 2.38. The van der Waals surface area contributed by atoms with Crippen molar-refractivity contribution in [3.05, 3.63) is 35.6 Å². The van der Waals surface area contributed by atoms with E-state index in [1.807, 2.05) is 13.1 Å². The normalized spacial score (nSPS) is 21.8. The number of furan rings is 1. The molecule has 0 saturated heterocycles. The van der Waals surface area contributed by atoms with Gasteiger partial charge < -0.3 is 9.73 Å². The zero-order valence-electron chi connectivity index (χ0n) is 12.6. The molecule has 2 aromatic rings. The fraction of sp³-hybridized carbons (Fsp3) is 0.529. The van der Waals surface area contributed by atoms with E-state index in [9.17, 15) is 0 Å². The van der Waals surface area contributed by atoms with Gasteiger partial charge in [-0.3, -0.25) is 4.90 Å². The molecule has 3 heteroatoms. The van der Waals surface area contributed by atoms with Gasteiger partial charge in [-0.15, -0.1) is 0 Å². The second-order valence-electron chi connectivity index (χ2n) is 6.20. The van der Waals surface area contributed by atoms with Crippen LogP contribution in [-0.2, 0) is 13.1 Å². The average molecular weight is 272 g/mol. The summed E-state index contributed by atoms with van der Waals surface area (Å²) in [4.78, 5) is 2.39. The highest BCUT2D eigenvalue weighted by molar-refractivity contribution is 5.82. The maximum absolute atomic E-state index is 6.07. The summed E-state index contributed by atoms with van der Waals surface area (Å²) in [5.74, 6) is 2.90. The summed E-state index contributed by atoms with van der Waals surface area (Å²) in [5.41, 5.74) is 2.31. The van der Waals surface area contributed by atoms with Crippen molar-refractivity contribution in [3.8, 4) is 0 Å². The molecule has 0 radical (unpaired) electrons. The van der Waals surface area contributed by atoms with Crippen molar-refractivity contribution in [1.82, 2.24) is 10.2 Å². The standard InChI is InChI=1S/C17H24N2O/c1-12-8-13(12)10-19(3)11-17-15(9-18-2)14-6-4-5-7-16(14)20-17/h4-7,12-13,18H,8-11H2,1-3H3. The summed E-state index contributed by atoms with van der Waals surface area (Å²) in [6.45, 7) is 5.28. The lowest BCUT2D eigenvalue weighted by Crippen LogP contribution is -2.21. The first-order chi connectivity index (χ1) is 9.69. The number of fused-ring (bicyclic) bond motifs is 1. The molecular weight excluding hydrogens is 248 g/mol. The minimum Gasteiger partial charge on any atom is -0.459 e.